The molecule has 1 aromatic carbocycles. The van der Waals surface area contributed by atoms with Crippen molar-refractivity contribution >= 4 is 17.4 Å². The maximum atomic E-state index is 12.4. The molecule has 5 heteroatoms. The van der Waals surface area contributed by atoms with Crippen molar-refractivity contribution in [1.82, 2.24) is 10.2 Å². The second-order valence-electron chi connectivity index (χ2n) is 7.18. The van der Waals surface area contributed by atoms with Crippen LogP contribution in [0.15, 0.2) is 24.3 Å². The number of amides is 2. The monoisotopic (exact) mass is 332 g/mol. The lowest BCUT2D eigenvalue weighted by Gasteiger charge is -2.32. The van der Waals surface area contributed by atoms with E-state index in [0.717, 1.165) is 19.0 Å². The van der Waals surface area contributed by atoms with Gasteiger partial charge < -0.3 is 14.9 Å². The molecule has 0 spiro atoms. The van der Waals surface area contributed by atoms with Crippen LogP contribution in [0.2, 0.25) is 0 Å². The summed E-state index contributed by atoms with van der Waals surface area (Å²) in [5.74, 6) is 0.809. The van der Waals surface area contributed by atoms with Gasteiger partial charge in [-0.15, -0.1) is 0 Å². The maximum Gasteiger partial charge on any atom is 0.344 e. The molecule has 1 heterocycles. The van der Waals surface area contributed by atoms with Crippen molar-refractivity contribution in [2.24, 2.45) is 5.92 Å². The van der Waals surface area contributed by atoms with Gasteiger partial charge in [0, 0.05) is 31.4 Å². The molecule has 0 aromatic heterocycles. The summed E-state index contributed by atoms with van der Waals surface area (Å²) in [6.07, 6.45) is 1.90. The summed E-state index contributed by atoms with van der Waals surface area (Å²) in [5, 5.41) is 13.7. The molecule has 2 rings (SSSR count). The summed E-state index contributed by atoms with van der Waals surface area (Å²) in [4.78, 5) is 16.3. The molecule has 0 aliphatic carbocycles. The molecule has 1 atom stereocenters. The largest absolute Gasteiger partial charge is 0.392 e. The predicted molar refractivity (Wildman–Crippen MR) is 97.8 cm³/mol. The first-order valence-electron chi connectivity index (χ1n) is 8.92. The summed E-state index contributed by atoms with van der Waals surface area (Å²) in [6.45, 7) is 10.3. The van der Waals surface area contributed by atoms with Crippen LogP contribution >= 0.6 is 0 Å². The number of rotatable bonds is 5. The third-order valence-corrected chi connectivity index (χ3v) is 4.55. The first-order chi connectivity index (χ1) is 11.4. The lowest BCUT2D eigenvalue weighted by molar-refractivity contribution is 0.120. The number of aliphatic hydroxyl groups is 1. The number of benzene rings is 1. The Hall–Kier alpha value is -1.75. The van der Waals surface area contributed by atoms with E-state index in [1.165, 1.54) is 18.5 Å². The van der Waals surface area contributed by atoms with Crippen LogP contribution in [0, 0.1) is 5.92 Å². The number of anilines is 1. The Morgan fingerprint density at radius 1 is 1.25 bits per heavy atom. The summed E-state index contributed by atoms with van der Waals surface area (Å²) in [6, 6.07) is 7.57. The molecule has 1 aliphatic rings. The first-order valence-corrected chi connectivity index (χ1v) is 8.92. The second kappa shape index (κ2) is 8.38. The maximum absolute atomic E-state index is 12.4. The molecule has 1 fully saturated rings. The minimum absolute atomic E-state index is 0.00506. The SMILES string of the molecule is CC(O)CN(C(=O)[N]c1ccc(N2CCC(C)CC2)cc1)C(C)C. The van der Waals surface area contributed by atoms with E-state index in [1.807, 2.05) is 38.1 Å². The smallest absolute Gasteiger partial charge is 0.344 e. The molecule has 1 unspecified atom stereocenters. The molecule has 24 heavy (non-hydrogen) atoms. The van der Waals surface area contributed by atoms with Crippen LogP contribution in [-0.4, -0.2) is 47.8 Å². The van der Waals surface area contributed by atoms with Crippen LogP contribution < -0.4 is 10.2 Å². The predicted octanol–water partition coefficient (Wildman–Crippen LogP) is 3.37. The van der Waals surface area contributed by atoms with Crippen molar-refractivity contribution in [3.63, 3.8) is 0 Å². The van der Waals surface area contributed by atoms with Gasteiger partial charge in [-0.05, 0) is 63.8 Å². The van der Waals surface area contributed by atoms with Gasteiger partial charge in [-0.2, -0.15) is 5.32 Å². The van der Waals surface area contributed by atoms with Crippen LogP contribution in [-0.2, 0) is 0 Å². The number of urea groups is 1. The zero-order valence-corrected chi connectivity index (χ0v) is 15.3. The van der Waals surface area contributed by atoms with Gasteiger partial charge in [0.2, 0.25) is 0 Å². The van der Waals surface area contributed by atoms with E-state index in [-0.39, 0.29) is 12.1 Å². The molecular formula is C19H30N3O2. The number of carbonyl (C=O) groups excluding carboxylic acids is 1. The zero-order valence-electron chi connectivity index (χ0n) is 15.3. The molecule has 1 aliphatic heterocycles. The van der Waals surface area contributed by atoms with Crippen LogP contribution in [0.4, 0.5) is 16.2 Å². The van der Waals surface area contributed by atoms with E-state index in [1.54, 1.807) is 11.8 Å². The first kappa shape index (κ1) is 18.6. The van der Waals surface area contributed by atoms with Crippen LogP contribution in [0.25, 0.3) is 0 Å². The Bertz CT molecular complexity index is 520. The van der Waals surface area contributed by atoms with Gasteiger partial charge in [0.05, 0.1) is 11.8 Å². The zero-order chi connectivity index (χ0) is 17.7. The summed E-state index contributed by atoms with van der Waals surface area (Å²) in [5.41, 5.74) is 1.85. The van der Waals surface area contributed by atoms with Crippen LogP contribution in [0.5, 0.6) is 0 Å². The number of hydrogen-bond donors (Lipinski definition) is 1. The van der Waals surface area contributed by atoms with Gasteiger partial charge in [-0.25, -0.2) is 4.79 Å². The number of hydrogen-bond acceptors (Lipinski definition) is 3. The highest BCUT2D eigenvalue weighted by Crippen LogP contribution is 2.24. The fraction of sp³-hybridized carbons (Fsp3) is 0.632. The van der Waals surface area contributed by atoms with E-state index in [2.05, 4.69) is 17.1 Å². The quantitative estimate of drug-likeness (QED) is 0.899. The third-order valence-electron chi connectivity index (χ3n) is 4.55. The van der Waals surface area contributed by atoms with Crippen LogP contribution in [0.1, 0.15) is 40.5 Å². The number of aliphatic hydroxyl groups excluding tert-OH is 1. The number of carbonyl (C=O) groups is 1. The van der Waals surface area contributed by atoms with E-state index < -0.39 is 6.10 Å². The van der Waals surface area contributed by atoms with Gasteiger partial charge in [-0.1, -0.05) is 6.92 Å². The van der Waals surface area contributed by atoms with Crippen molar-refractivity contribution in [3.8, 4) is 0 Å². The Balaban J connectivity index is 1.96. The molecular weight excluding hydrogens is 302 g/mol. The molecule has 1 saturated heterocycles. The molecule has 0 bridgehead atoms. The highest BCUT2D eigenvalue weighted by molar-refractivity contribution is 5.79. The van der Waals surface area contributed by atoms with Gasteiger partial charge >= 0.3 is 6.03 Å². The van der Waals surface area contributed by atoms with Crippen LogP contribution in [0.3, 0.4) is 0 Å². The van der Waals surface area contributed by atoms with Crippen molar-refractivity contribution in [2.75, 3.05) is 24.5 Å². The van der Waals surface area contributed by atoms with Gasteiger partial charge in [0.15, 0.2) is 0 Å². The molecule has 0 saturated carbocycles. The van der Waals surface area contributed by atoms with Gasteiger partial charge in [0.25, 0.3) is 0 Å². The molecule has 1 N–H and O–H groups in total. The van der Waals surface area contributed by atoms with Gasteiger partial charge in [0.1, 0.15) is 0 Å². The second-order valence-corrected chi connectivity index (χ2v) is 7.18. The summed E-state index contributed by atoms with van der Waals surface area (Å²) in [7, 11) is 0. The lowest BCUT2D eigenvalue weighted by Crippen LogP contribution is -2.43. The van der Waals surface area contributed by atoms with Crippen molar-refractivity contribution < 1.29 is 9.90 Å². The average Bonchev–Trinajstić information content (AvgIpc) is 2.53. The Labute approximate surface area is 145 Å². The molecule has 1 radical (unpaired) electrons. The Kier molecular flexibility index (Phi) is 6.49. The van der Waals surface area contributed by atoms with Crippen molar-refractivity contribution in [2.45, 2.75) is 52.7 Å². The van der Waals surface area contributed by atoms with Crippen molar-refractivity contribution in [1.29, 1.82) is 0 Å². The molecule has 133 valence electrons. The Morgan fingerprint density at radius 3 is 2.33 bits per heavy atom. The minimum atomic E-state index is -0.560. The highest BCUT2D eigenvalue weighted by atomic mass is 16.3. The van der Waals surface area contributed by atoms with E-state index >= 15 is 0 Å². The van der Waals surface area contributed by atoms with Crippen molar-refractivity contribution in [3.05, 3.63) is 24.3 Å². The summed E-state index contributed by atoms with van der Waals surface area (Å²) >= 11 is 0. The fourth-order valence-corrected chi connectivity index (χ4v) is 2.97. The standard InChI is InChI=1S/C19H30N3O2/c1-14(2)22(13-16(4)23)19(24)20-17-5-7-18(8-6-17)21-11-9-15(3)10-12-21/h5-8,14-16,23H,9-13H2,1-4H3. The minimum Gasteiger partial charge on any atom is -0.392 e. The van der Waals surface area contributed by atoms with E-state index in [9.17, 15) is 9.90 Å². The Morgan fingerprint density at radius 2 is 1.83 bits per heavy atom. The molecule has 1 aromatic rings. The average molecular weight is 332 g/mol. The molecule has 5 nitrogen and oxygen atoms in total. The molecule has 2 amide bonds. The third kappa shape index (κ3) is 5.13. The topological polar surface area (TPSA) is 57.9 Å². The van der Waals surface area contributed by atoms with Gasteiger partial charge in [-0.3, -0.25) is 0 Å². The highest BCUT2D eigenvalue weighted by Gasteiger charge is 2.20. The van der Waals surface area contributed by atoms with E-state index in [0.29, 0.717) is 12.2 Å². The normalized spacial score (nSPS) is 17.0. The number of nitrogens with zero attached hydrogens (tertiary/aromatic N) is 3. The summed E-state index contributed by atoms with van der Waals surface area (Å²) < 4.78 is 0. The fourth-order valence-electron chi connectivity index (χ4n) is 2.97. The lowest BCUT2D eigenvalue weighted by atomic mass is 9.99. The number of piperidine rings is 1. The van der Waals surface area contributed by atoms with E-state index in [4.69, 9.17) is 0 Å².